The van der Waals surface area contributed by atoms with E-state index in [1.54, 1.807) is 7.11 Å². The highest BCUT2D eigenvalue weighted by atomic mass is 127. The van der Waals surface area contributed by atoms with Crippen LogP contribution in [0.15, 0.2) is 29.3 Å². The number of halogens is 1. The highest BCUT2D eigenvalue weighted by Crippen LogP contribution is 2.14. The first-order valence-electron chi connectivity index (χ1n) is 4.97. The Hall–Kier alpha value is -0.980. The maximum atomic E-state index is 5.67. The van der Waals surface area contributed by atoms with E-state index in [9.17, 15) is 0 Å². The molecule has 0 spiro atoms. The molecule has 0 bridgehead atoms. The minimum atomic E-state index is 0. The average molecular weight is 335 g/mol. The molecule has 1 aromatic rings. The SMILES string of the molecule is CCCN=C(N)Nc1ccc(OC)cc1.I. The summed E-state index contributed by atoms with van der Waals surface area (Å²) in [6.45, 7) is 2.80. The Labute approximate surface area is 113 Å². The molecule has 3 N–H and O–H groups in total. The summed E-state index contributed by atoms with van der Waals surface area (Å²) in [5.74, 6) is 1.27. The average Bonchev–Trinajstić information content (AvgIpc) is 2.27. The third-order valence-corrected chi connectivity index (χ3v) is 1.87. The molecule has 1 aromatic carbocycles. The summed E-state index contributed by atoms with van der Waals surface area (Å²) in [4.78, 5) is 4.13. The molecular formula is C11H18IN3O. The summed E-state index contributed by atoms with van der Waals surface area (Å²) in [7, 11) is 1.64. The highest BCUT2D eigenvalue weighted by molar-refractivity contribution is 14.0. The monoisotopic (exact) mass is 335 g/mol. The first kappa shape index (κ1) is 15.0. The van der Waals surface area contributed by atoms with E-state index in [0.717, 1.165) is 24.4 Å². The molecule has 0 amide bonds. The van der Waals surface area contributed by atoms with Crippen LogP contribution < -0.4 is 15.8 Å². The lowest BCUT2D eigenvalue weighted by molar-refractivity contribution is 0.415. The Balaban J connectivity index is 0.00000225. The minimum absolute atomic E-state index is 0. The zero-order valence-corrected chi connectivity index (χ0v) is 11.9. The molecule has 0 atom stereocenters. The Morgan fingerprint density at radius 3 is 2.50 bits per heavy atom. The molecule has 0 aliphatic heterocycles. The number of nitrogens with two attached hydrogens (primary N) is 1. The summed E-state index contributed by atoms with van der Waals surface area (Å²) in [6, 6.07) is 7.53. The number of aliphatic imine (C=N–C) groups is 1. The molecular weight excluding hydrogens is 317 g/mol. The lowest BCUT2D eigenvalue weighted by atomic mass is 10.3. The second kappa shape index (κ2) is 8.20. The van der Waals surface area contributed by atoms with Gasteiger partial charge in [-0.25, -0.2) is 0 Å². The Kier molecular flexibility index (Phi) is 7.70. The van der Waals surface area contributed by atoms with Gasteiger partial charge < -0.3 is 15.8 Å². The molecule has 0 saturated heterocycles. The molecule has 90 valence electrons. The molecule has 0 aromatic heterocycles. The van der Waals surface area contributed by atoms with Gasteiger partial charge in [-0.3, -0.25) is 4.99 Å². The number of ether oxygens (including phenoxy) is 1. The van der Waals surface area contributed by atoms with Crippen molar-refractivity contribution < 1.29 is 4.74 Å². The lowest BCUT2D eigenvalue weighted by Gasteiger charge is -2.06. The van der Waals surface area contributed by atoms with E-state index in [-0.39, 0.29) is 24.0 Å². The quantitative estimate of drug-likeness (QED) is 0.505. The van der Waals surface area contributed by atoms with E-state index in [1.807, 2.05) is 24.3 Å². The Morgan fingerprint density at radius 1 is 1.38 bits per heavy atom. The highest BCUT2D eigenvalue weighted by Gasteiger charge is 1.95. The first-order chi connectivity index (χ1) is 7.26. The van der Waals surface area contributed by atoms with E-state index in [0.29, 0.717) is 5.96 Å². The summed E-state index contributed by atoms with van der Waals surface area (Å²) in [6.07, 6.45) is 0.991. The van der Waals surface area contributed by atoms with Crippen LogP contribution in [0.2, 0.25) is 0 Å². The molecule has 0 aliphatic carbocycles. The van der Waals surface area contributed by atoms with Crippen molar-refractivity contribution in [2.24, 2.45) is 10.7 Å². The summed E-state index contributed by atoms with van der Waals surface area (Å²) in [5, 5.41) is 3.00. The van der Waals surface area contributed by atoms with E-state index in [1.165, 1.54) is 0 Å². The number of hydrogen-bond donors (Lipinski definition) is 2. The van der Waals surface area contributed by atoms with Gasteiger partial charge in [0.1, 0.15) is 5.75 Å². The van der Waals surface area contributed by atoms with E-state index in [4.69, 9.17) is 10.5 Å². The fourth-order valence-electron chi connectivity index (χ4n) is 1.09. The number of guanidine groups is 1. The smallest absolute Gasteiger partial charge is 0.193 e. The molecule has 16 heavy (non-hydrogen) atoms. The van der Waals surface area contributed by atoms with Crippen molar-refractivity contribution in [1.29, 1.82) is 0 Å². The standard InChI is InChI=1S/C11H17N3O.HI/c1-3-8-13-11(12)14-9-4-6-10(15-2)7-5-9;/h4-7H,3,8H2,1-2H3,(H3,12,13,14);1H. The number of anilines is 1. The fraction of sp³-hybridized carbons (Fsp3) is 0.364. The fourth-order valence-corrected chi connectivity index (χ4v) is 1.09. The van der Waals surface area contributed by atoms with Gasteiger partial charge >= 0.3 is 0 Å². The zero-order valence-electron chi connectivity index (χ0n) is 9.56. The van der Waals surface area contributed by atoms with Crippen molar-refractivity contribution in [3.05, 3.63) is 24.3 Å². The molecule has 0 heterocycles. The predicted octanol–water partition coefficient (Wildman–Crippen LogP) is 2.45. The van der Waals surface area contributed by atoms with Crippen LogP contribution in [-0.2, 0) is 0 Å². The number of hydrogen-bond acceptors (Lipinski definition) is 2. The van der Waals surface area contributed by atoms with Crippen molar-refractivity contribution in [1.82, 2.24) is 0 Å². The third-order valence-electron chi connectivity index (χ3n) is 1.87. The van der Waals surface area contributed by atoms with Crippen LogP contribution in [0.5, 0.6) is 5.75 Å². The second-order valence-electron chi connectivity index (χ2n) is 3.12. The van der Waals surface area contributed by atoms with Gasteiger partial charge in [-0.15, -0.1) is 24.0 Å². The maximum absolute atomic E-state index is 5.67. The topological polar surface area (TPSA) is 59.6 Å². The van der Waals surface area contributed by atoms with E-state index >= 15 is 0 Å². The summed E-state index contributed by atoms with van der Waals surface area (Å²) in [5.41, 5.74) is 6.58. The largest absolute Gasteiger partial charge is 0.497 e. The first-order valence-corrected chi connectivity index (χ1v) is 4.97. The number of methoxy groups -OCH3 is 1. The minimum Gasteiger partial charge on any atom is -0.497 e. The summed E-state index contributed by atoms with van der Waals surface area (Å²) < 4.78 is 5.05. The number of nitrogens with zero attached hydrogens (tertiary/aromatic N) is 1. The zero-order chi connectivity index (χ0) is 11.1. The molecule has 0 unspecified atom stereocenters. The molecule has 0 radical (unpaired) electrons. The molecule has 0 saturated carbocycles. The van der Waals surface area contributed by atoms with Gasteiger partial charge in [-0.2, -0.15) is 0 Å². The van der Waals surface area contributed by atoms with Gasteiger partial charge in [-0.05, 0) is 30.7 Å². The number of benzene rings is 1. The maximum Gasteiger partial charge on any atom is 0.193 e. The Bertz CT molecular complexity index is 325. The van der Waals surface area contributed by atoms with Gasteiger partial charge in [0.15, 0.2) is 5.96 Å². The van der Waals surface area contributed by atoms with Crippen molar-refractivity contribution >= 4 is 35.6 Å². The number of nitrogens with one attached hydrogen (secondary N) is 1. The van der Waals surface area contributed by atoms with Crippen LogP contribution in [-0.4, -0.2) is 19.6 Å². The van der Waals surface area contributed by atoms with Crippen LogP contribution in [0.25, 0.3) is 0 Å². The van der Waals surface area contributed by atoms with Crippen molar-refractivity contribution in [2.45, 2.75) is 13.3 Å². The van der Waals surface area contributed by atoms with Crippen LogP contribution >= 0.6 is 24.0 Å². The van der Waals surface area contributed by atoms with Crippen molar-refractivity contribution in [3.63, 3.8) is 0 Å². The van der Waals surface area contributed by atoms with Crippen LogP contribution in [0.1, 0.15) is 13.3 Å². The molecule has 0 aliphatic rings. The number of rotatable bonds is 4. The molecule has 1 rings (SSSR count). The van der Waals surface area contributed by atoms with Crippen molar-refractivity contribution in [3.8, 4) is 5.75 Å². The normalized spacial score (nSPS) is 10.5. The van der Waals surface area contributed by atoms with Gasteiger partial charge in [0.2, 0.25) is 0 Å². The predicted molar refractivity (Wildman–Crippen MR) is 78.8 cm³/mol. The molecule has 4 nitrogen and oxygen atoms in total. The molecule has 0 fully saturated rings. The van der Waals surface area contributed by atoms with Gasteiger partial charge in [0.05, 0.1) is 7.11 Å². The second-order valence-corrected chi connectivity index (χ2v) is 3.12. The van der Waals surface area contributed by atoms with Crippen molar-refractivity contribution in [2.75, 3.05) is 19.0 Å². The third kappa shape index (κ3) is 5.20. The van der Waals surface area contributed by atoms with Crippen LogP contribution in [0, 0.1) is 0 Å². The molecule has 5 heteroatoms. The van der Waals surface area contributed by atoms with Gasteiger partial charge in [0.25, 0.3) is 0 Å². The summed E-state index contributed by atoms with van der Waals surface area (Å²) >= 11 is 0. The lowest BCUT2D eigenvalue weighted by Crippen LogP contribution is -2.22. The van der Waals surface area contributed by atoms with E-state index < -0.39 is 0 Å². The van der Waals surface area contributed by atoms with Crippen LogP contribution in [0.4, 0.5) is 5.69 Å². The van der Waals surface area contributed by atoms with Gasteiger partial charge in [0, 0.05) is 12.2 Å². The Morgan fingerprint density at radius 2 is 2.00 bits per heavy atom. The van der Waals surface area contributed by atoms with Crippen LogP contribution in [0.3, 0.4) is 0 Å². The van der Waals surface area contributed by atoms with E-state index in [2.05, 4.69) is 17.2 Å². The van der Waals surface area contributed by atoms with Gasteiger partial charge in [-0.1, -0.05) is 6.92 Å².